The highest BCUT2D eigenvalue weighted by molar-refractivity contribution is 5.94. The highest BCUT2D eigenvalue weighted by Gasteiger charge is 2.31. The van der Waals surface area contributed by atoms with Gasteiger partial charge in [-0.05, 0) is 49.6 Å². The van der Waals surface area contributed by atoms with Gasteiger partial charge in [-0.3, -0.25) is 4.79 Å². The molecule has 4 nitrogen and oxygen atoms in total. The van der Waals surface area contributed by atoms with Gasteiger partial charge >= 0.3 is 6.36 Å². The molecule has 1 amide bonds. The van der Waals surface area contributed by atoms with Crippen molar-refractivity contribution in [3.8, 4) is 5.75 Å². The third kappa shape index (κ3) is 5.06. The molecule has 1 aromatic rings. The van der Waals surface area contributed by atoms with Gasteiger partial charge in [-0.25, -0.2) is 0 Å². The van der Waals surface area contributed by atoms with Gasteiger partial charge in [0.05, 0.1) is 0 Å². The van der Waals surface area contributed by atoms with E-state index in [4.69, 9.17) is 5.73 Å². The quantitative estimate of drug-likeness (QED) is 0.887. The number of rotatable bonds is 4. The van der Waals surface area contributed by atoms with Crippen molar-refractivity contribution in [2.75, 3.05) is 6.54 Å². The normalized spacial score (nSPS) is 21.1. The van der Waals surface area contributed by atoms with Crippen molar-refractivity contribution in [1.82, 2.24) is 5.32 Å². The number of benzene rings is 1. The zero-order chi connectivity index (χ0) is 15.5. The molecule has 2 rings (SSSR count). The van der Waals surface area contributed by atoms with E-state index < -0.39 is 6.36 Å². The van der Waals surface area contributed by atoms with Crippen LogP contribution in [0, 0.1) is 5.92 Å². The summed E-state index contributed by atoms with van der Waals surface area (Å²) < 4.78 is 39.9. The van der Waals surface area contributed by atoms with Crippen LogP contribution in [0.4, 0.5) is 13.2 Å². The van der Waals surface area contributed by atoms with E-state index in [0.29, 0.717) is 12.1 Å². The van der Waals surface area contributed by atoms with Crippen LogP contribution in [0.5, 0.6) is 5.75 Å². The number of hydrogen-bond donors (Lipinski definition) is 2. The second kappa shape index (κ2) is 7.69. The highest BCUT2D eigenvalue weighted by atomic mass is 35.5. The summed E-state index contributed by atoms with van der Waals surface area (Å²) in [5.74, 6) is -0.388. The van der Waals surface area contributed by atoms with Crippen molar-refractivity contribution >= 4 is 18.3 Å². The predicted molar refractivity (Wildman–Crippen MR) is 78.0 cm³/mol. The van der Waals surface area contributed by atoms with E-state index in [9.17, 15) is 18.0 Å². The molecule has 0 spiro atoms. The van der Waals surface area contributed by atoms with Crippen LogP contribution in [0.2, 0.25) is 0 Å². The van der Waals surface area contributed by atoms with Crippen molar-refractivity contribution in [2.45, 2.75) is 31.7 Å². The van der Waals surface area contributed by atoms with Gasteiger partial charge in [-0.2, -0.15) is 0 Å². The molecule has 1 aliphatic rings. The molecule has 0 heterocycles. The van der Waals surface area contributed by atoms with Crippen LogP contribution >= 0.6 is 12.4 Å². The Kier molecular flexibility index (Phi) is 6.49. The molecular weight excluding hydrogens is 321 g/mol. The van der Waals surface area contributed by atoms with Gasteiger partial charge in [0, 0.05) is 11.6 Å². The summed E-state index contributed by atoms with van der Waals surface area (Å²) in [4.78, 5) is 12.0. The zero-order valence-electron chi connectivity index (χ0n) is 11.7. The summed E-state index contributed by atoms with van der Waals surface area (Å²) in [6.07, 6.45) is -1.85. The van der Waals surface area contributed by atoms with E-state index in [1.54, 1.807) is 0 Å². The molecule has 1 fully saturated rings. The number of alkyl halides is 3. The van der Waals surface area contributed by atoms with Crippen molar-refractivity contribution in [1.29, 1.82) is 0 Å². The first-order valence-corrected chi connectivity index (χ1v) is 6.76. The number of halogens is 4. The molecule has 0 aliphatic heterocycles. The maximum absolute atomic E-state index is 12.0. The molecule has 0 bridgehead atoms. The molecule has 22 heavy (non-hydrogen) atoms. The minimum absolute atomic E-state index is 0. The van der Waals surface area contributed by atoms with E-state index in [1.165, 1.54) is 12.1 Å². The smallest absolute Gasteiger partial charge is 0.406 e. The Morgan fingerprint density at radius 1 is 1.27 bits per heavy atom. The number of carbonyl (C=O) groups is 1. The summed E-state index contributed by atoms with van der Waals surface area (Å²) in [7, 11) is 0. The number of hydrogen-bond acceptors (Lipinski definition) is 3. The minimum Gasteiger partial charge on any atom is -0.406 e. The lowest BCUT2D eigenvalue weighted by Crippen LogP contribution is -2.39. The monoisotopic (exact) mass is 338 g/mol. The molecule has 124 valence electrons. The Bertz CT molecular complexity index is 494. The fourth-order valence-corrected chi connectivity index (χ4v) is 2.57. The Labute approximate surface area is 132 Å². The maximum Gasteiger partial charge on any atom is 0.573 e. The number of carbonyl (C=O) groups excluding carboxylic acids is 1. The van der Waals surface area contributed by atoms with Crippen LogP contribution in [0.25, 0.3) is 0 Å². The topological polar surface area (TPSA) is 64.3 Å². The van der Waals surface area contributed by atoms with Gasteiger partial charge in [0.2, 0.25) is 0 Å². The number of ether oxygens (including phenoxy) is 1. The standard InChI is InChI=1S/C14H17F3N2O2.ClH/c15-14(16,17)21-11-6-4-9(5-7-11)13(20)19-12-3-1-2-10(12)8-18;/h4-7,10,12H,1-3,8,18H2,(H,19,20);1H. The zero-order valence-corrected chi connectivity index (χ0v) is 12.5. The van der Waals surface area contributed by atoms with Crippen molar-refractivity contribution in [3.05, 3.63) is 29.8 Å². The highest BCUT2D eigenvalue weighted by Crippen LogP contribution is 2.25. The lowest BCUT2D eigenvalue weighted by Gasteiger charge is -2.19. The van der Waals surface area contributed by atoms with Crippen LogP contribution in [0.15, 0.2) is 24.3 Å². The third-order valence-electron chi connectivity index (χ3n) is 3.63. The SMILES string of the molecule is Cl.NCC1CCCC1NC(=O)c1ccc(OC(F)(F)F)cc1. The molecule has 0 radical (unpaired) electrons. The van der Waals surface area contributed by atoms with Gasteiger partial charge in [-0.15, -0.1) is 25.6 Å². The lowest BCUT2D eigenvalue weighted by molar-refractivity contribution is -0.274. The molecule has 1 aliphatic carbocycles. The van der Waals surface area contributed by atoms with Crippen LogP contribution in [0.1, 0.15) is 29.6 Å². The van der Waals surface area contributed by atoms with E-state index >= 15 is 0 Å². The van der Waals surface area contributed by atoms with Crippen LogP contribution in [-0.4, -0.2) is 24.9 Å². The number of nitrogens with one attached hydrogen (secondary N) is 1. The summed E-state index contributed by atoms with van der Waals surface area (Å²) in [5.41, 5.74) is 5.94. The average Bonchev–Trinajstić information content (AvgIpc) is 2.85. The molecule has 0 aromatic heterocycles. The fourth-order valence-electron chi connectivity index (χ4n) is 2.57. The second-order valence-electron chi connectivity index (χ2n) is 5.08. The van der Waals surface area contributed by atoms with E-state index in [2.05, 4.69) is 10.1 Å². The van der Waals surface area contributed by atoms with Crippen molar-refractivity contribution in [2.24, 2.45) is 11.7 Å². The molecule has 2 atom stereocenters. The fraction of sp³-hybridized carbons (Fsp3) is 0.500. The maximum atomic E-state index is 12.0. The van der Waals surface area contributed by atoms with Crippen LogP contribution < -0.4 is 15.8 Å². The van der Waals surface area contributed by atoms with E-state index in [1.807, 2.05) is 0 Å². The van der Waals surface area contributed by atoms with E-state index in [0.717, 1.165) is 31.4 Å². The van der Waals surface area contributed by atoms with Gasteiger partial charge in [-0.1, -0.05) is 6.42 Å². The van der Waals surface area contributed by atoms with Crippen LogP contribution in [0.3, 0.4) is 0 Å². The predicted octanol–water partition coefficient (Wildman–Crippen LogP) is 2.86. The first kappa shape index (κ1) is 18.6. The Hall–Kier alpha value is -1.47. The van der Waals surface area contributed by atoms with Crippen LogP contribution in [-0.2, 0) is 0 Å². The summed E-state index contributed by atoms with van der Waals surface area (Å²) in [6.45, 7) is 0.517. The van der Waals surface area contributed by atoms with Gasteiger partial charge in [0.1, 0.15) is 5.75 Å². The molecular formula is C14H18ClF3N2O2. The molecule has 1 aromatic carbocycles. The first-order valence-electron chi connectivity index (χ1n) is 6.76. The van der Waals surface area contributed by atoms with Gasteiger partial charge < -0.3 is 15.8 Å². The third-order valence-corrected chi connectivity index (χ3v) is 3.63. The largest absolute Gasteiger partial charge is 0.573 e. The minimum atomic E-state index is -4.73. The molecule has 0 saturated heterocycles. The summed E-state index contributed by atoms with van der Waals surface area (Å²) >= 11 is 0. The molecule has 2 unspecified atom stereocenters. The Morgan fingerprint density at radius 2 is 1.91 bits per heavy atom. The number of amides is 1. The molecule has 1 saturated carbocycles. The van der Waals surface area contributed by atoms with E-state index in [-0.39, 0.29) is 36.0 Å². The Balaban J connectivity index is 0.00000242. The summed E-state index contributed by atoms with van der Waals surface area (Å²) in [6, 6.07) is 4.90. The summed E-state index contributed by atoms with van der Waals surface area (Å²) in [5, 5.41) is 2.88. The lowest BCUT2D eigenvalue weighted by atomic mass is 10.0. The van der Waals surface area contributed by atoms with Crippen molar-refractivity contribution in [3.63, 3.8) is 0 Å². The second-order valence-corrected chi connectivity index (χ2v) is 5.08. The van der Waals surface area contributed by atoms with Gasteiger partial charge in [0.25, 0.3) is 5.91 Å². The Morgan fingerprint density at radius 3 is 2.45 bits per heavy atom. The molecule has 8 heteroatoms. The molecule has 3 N–H and O–H groups in total. The average molecular weight is 339 g/mol. The van der Waals surface area contributed by atoms with Crippen molar-refractivity contribution < 1.29 is 22.7 Å². The van der Waals surface area contributed by atoms with Gasteiger partial charge in [0.15, 0.2) is 0 Å². The number of nitrogens with two attached hydrogens (primary N) is 1. The first-order chi connectivity index (χ1) is 9.89.